The van der Waals surface area contributed by atoms with E-state index in [0.29, 0.717) is 30.9 Å². The molecule has 116 valence electrons. The van der Waals surface area contributed by atoms with Crippen LogP contribution in [0.5, 0.6) is 0 Å². The van der Waals surface area contributed by atoms with Gasteiger partial charge in [0.1, 0.15) is 13.9 Å². The first kappa shape index (κ1) is 16.6. The predicted octanol–water partition coefficient (Wildman–Crippen LogP) is 1.13. The number of hydrogen-bond acceptors (Lipinski definition) is 2. The van der Waals surface area contributed by atoms with Crippen molar-refractivity contribution in [1.29, 1.82) is 0 Å². The summed E-state index contributed by atoms with van der Waals surface area (Å²) in [7, 11) is 5.64. The van der Waals surface area contributed by atoms with E-state index in [1.165, 1.54) is 0 Å². The van der Waals surface area contributed by atoms with Gasteiger partial charge in [-0.3, -0.25) is 9.59 Å². The first-order valence-electron chi connectivity index (χ1n) is 7.89. The summed E-state index contributed by atoms with van der Waals surface area (Å²) in [5.74, 6) is 0.332. The topological polar surface area (TPSA) is 49.4 Å². The summed E-state index contributed by atoms with van der Waals surface area (Å²) < 4.78 is 0. The van der Waals surface area contributed by atoms with Crippen LogP contribution in [0, 0.1) is 5.92 Å². The van der Waals surface area contributed by atoms with Crippen molar-refractivity contribution in [3.05, 3.63) is 29.8 Å². The summed E-state index contributed by atoms with van der Waals surface area (Å²) in [6, 6.07) is 7.10. The highest BCUT2D eigenvalue weighted by Crippen LogP contribution is 2.20. The van der Waals surface area contributed by atoms with Gasteiger partial charge in [0.25, 0.3) is 0 Å². The molecule has 1 aromatic rings. The van der Waals surface area contributed by atoms with Gasteiger partial charge in [-0.25, -0.2) is 0 Å². The van der Waals surface area contributed by atoms with E-state index in [1.54, 1.807) is 4.90 Å². The highest BCUT2D eigenvalue weighted by Gasteiger charge is 2.33. The third kappa shape index (κ3) is 4.36. The molecule has 22 heavy (non-hydrogen) atoms. The largest absolute Gasteiger partial charge is 0.350 e. The lowest BCUT2D eigenvalue weighted by molar-refractivity contribution is -0.139. The summed E-state index contributed by atoms with van der Waals surface area (Å²) in [5, 5.41) is 2.92. The fourth-order valence-electron chi connectivity index (χ4n) is 2.75. The van der Waals surface area contributed by atoms with Crippen LogP contribution in [0.4, 0.5) is 0 Å². The molecule has 2 amide bonds. The molecule has 1 aliphatic rings. The number of carbonyl (C=O) groups excluding carboxylic acids is 2. The lowest BCUT2D eigenvalue weighted by Gasteiger charge is -2.24. The minimum Gasteiger partial charge on any atom is -0.350 e. The molecule has 0 bridgehead atoms. The Morgan fingerprint density at radius 1 is 1.32 bits per heavy atom. The number of benzene rings is 1. The first-order chi connectivity index (χ1) is 10.5. The monoisotopic (exact) mass is 298 g/mol. The molecule has 1 fully saturated rings. The molecule has 0 aromatic heterocycles. The van der Waals surface area contributed by atoms with Crippen LogP contribution < -0.4 is 10.8 Å². The number of carbonyl (C=O) groups is 2. The summed E-state index contributed by atoms with van der Waals surface area (Å²) in [5.41, 5.74) is 1.71. The van der Waals surface area contributed by atoms with Crippen LogP contribution in [-0.4, -0.2) is 37.1 Å². The van der Waals surface area contributed by atoms with Crippen molar-refractivity contribution < 1.29 is 9.59 Å². The Hall–Kier alpha value is -1.78. The van der Waals surface area contributed by atoms with Gasteiger partial charge in [-0.1, -0.05) is 43.6 Å². The fraction of sp³-hybridized carbons (Fsp3) is 0.529. The maximum Gasteiger partial charge on any atom is 0.243 e. The Balaban J connectivity index is 1.90. The average molecular weight is 298 g/mol. The fourth-order valence-corrected chi connectivity index (χ4v) is 2.75. The van der Waals surface area contributed by atoms with Crippen LogP contribution in [-0.2, 0) is 16.1 Å². The third-order valence-corrected chi connectivity index (χ3v) is 3.91. The third-order valence-electron chi connectivity index (χ3n) is 3.91. The van der Waals surface area contributed by atoms with Gasteiger partial charge in [0.05, 0.1) is 0 Å². The molecule has 0 saturated carbocycles. The second-order valence-electron chi connectivity index (χ2n) is 6.30. The Labute approximate surface area is 133 Å². The van der Waals surface area contributed by atoms with E-state index in [2.05, 4.69) is 5.32 Å². The van der Waals surface area contributed by atoms with Crippen molar-refractivity contribution in [3.8, 4) is 0 Å². The Morgan fingerprint density at radius 3 is 2.64 bits per heavy atom. The van der Waals surface area contributed by atoms with Gasteiger partial charge in [-0.15, -0.1) is 0 Å². The Kier molecular flexibility index (Phi) is 5.64. The lowest BCUT2D eigenvalue weighted by Crippen LogP contribution is -2.46. The number of nitrogens with zero attached hydrogens (tertiary/aromatic N) is 1. The standard InChI is InChI=1S/C17H23BN2O2/c1-12(2)10-16(21)20-9-3-4-15(20)17(22)19-11-13-5-7-14(18)8-6-13/h5-8,12,15H,3-4,9-11H2,1-2H3,(H,19,22). The maximum absolute atomic E-state index is 12.4. The SMILES string of the molecule is [B]c1ccc(CNC(=O)C2CCCN2C(=O)CC(C)C)cc1. The zero-order valence-corrected chi connectivity index (χ0v) is 13.3. The van der Waals surface area contributed by atoms with Crippen molar-refractivity contribution >= 4 is 25.1 Å². The molecule has 0 spiro atoms. The van der Waals surface area contributed by atoms with E-state index in [0.717, 1.165) is 18.4 Å². The van der Waals surface area contributed by atoms with Gasteiger partial charge in [-0.05, 0) is 24.3 Å². The molecular formula is C17H23BN2O2. The molecule has 1 N–H and O–H groups in total. The van der Waals surface area contributed by atoms with E-state index >= 15 is 0 Å². The Morgan fingerprint density at radius 2 is 2.00 bits per heavy atom. The number of amides is 2. The van der Waals surface area contributed by atoms with Crippen molar-refractivity contribution in [1.82, 2.24) is 10.2 Å². The van der Waals surface area contributed by atoms with Crippen LogP contribution in [0.2, 0.25) is 0 Å². The van der Waals surface area contributed by atoms with Crippen LogP contribution >= 0.6 is 0 Å². The molecule has 5 heteroatoms. The average Bonchev–Trinajstić information content (AvgIpc) is 2.95. The molecule has 1 heterocycles. The summed E-state index contributed by atoms with van der Waals surface area (Å²) in [4.78, 5) is 26.3. The molecule has 2 rings (SSSR count). The second-order valence-corrected chi connectivity index (χ2v) is 6.30. The van der Waals surface area contributed by atoms with Gasteiger partial charge in [-0.2, -0.15) is 0 Å². The van der Waals surface area contributed by atoms with Gasteiger partial charge in [0.2, 0.25) is 11.8 Å². The van der Waals surface area contributed by atoms with E-state index in [-0.39, 0.29) is 17.9 Å². The smallest absolute Gasteiger partial charge is 0.243 e. The molecular weight excluding hydrogens is 275 g/mol. The summed E-state index contributed by atoms with van der Waals surface area (Å²) in [6.07, 6.45) is 2.14. The highest BCUT2D eigenvalue weighted by molar-refractivity contribution is 6.32. The number of hydrogen-bond donors (Lipinski definition) is 1. The molecule has 0 aliphatic carbocycles. The van der Waals surface area contributed by atoms with Crippen LogP contribution in [0.1, 0.15) is 38.7 Å². The van der Waals surface area contributed by atoms with Crippen LogP contribution in [0.25, 0.3) is 0 Å². The van der Waals surface area contributed by atoms with Gasteiger partial charge < -0.3 is 10.2 Å². The van der Waals surface area contributed by atoms with Gasteiger partial charge >= 0.3 is 0 Å². The predicted molar refractivity (Wildman–Crippen MR) is 87.9 cm³/mol. The quantitative estimate of drug-likeness (QED) is 0.829. The normalized spacial score (nSPS) is 17.8. The molecule has 1 aliphatic heterocycles. The minimum atomic E-state index is -0.319. The molecule has 1 aromatic carbocycles. The minimum absolute atomic E-state index is 0.0635. The molecule has 2 radical (unpaired) electrons. The van der Waals surface area contributed by atoms with E-state index < -0.39 is 0 Å². The summed E-state index contributed by atoms with van der Waals surface area (Å²) >= 11 is 0. The van der Waals surface area contributed by atoms with Crippen molar-refractivity contribution in [2.24, 2.45) is 5.92 Å². The van der Waals surface area contributed by atoms with Gasteiger partial charge in [0.15, 0.2) is 0 Å². The van der Waals surface area contributed by atoms with Crippen LogP contribution in [0.15, 0.2) is 24.3 Å². The number of nitrogens with one attached hydrogen (secondary N) is 1. The van der Waals surface area contributed by atoms with E-state index in [9.17, 15) is 9.59 Å². The lowest BCUT2D eigenvalue weighted by atomic mass is 9.95. The molecule has 4 nitrogen and oxygen atoms in total. The van der Waals surface area contributed by atoms with Crippen LogP contribution in [0.3, 0.4) is 0 Å². The molecule has 1 unspecified atom stereocenters. The molecule has 1 saturated heterocycles. The van der Waals surface area contributed by atoms with E-state index in [4.69, 9.17) is 7.85 Å². The maximum atomic E-state index is 12.4. The zero-order valence-electron chi connectivity index (χ0n) is 13.3. The first-order valence-corrected chi connectivity index (χ1v) is 7.89. The number of rotatable bonds is 5. The van der Waals surface area contributed by atoms with E-state index in [1.807, 2.05) is 38.1 Å². The highest BCUT2D eigenvalue weighted by atomic mass is 16.2. The molecule has 1 atom stereocenters. The summed E-state index contributed by atoms with van der Waals surface area (Å²) in [6.45, 7) is 5.18. The van der Waals surface area contributed by atoms with Crippen molar-refractivity contribution in [3.63, 3.8) is 0 Å². The van der Waals surface area contributed by atoms with Crippen molar-refractivity contribution in [2.75, 3.05) is 6.54 Å². The Bertz CT molecular complexity index is 528. The number of likely N-dealkylation sites (tertiary alicyclic amines) is 1. The van der Waals surface area contributed by atoms with Crippen molar-refractivity contribution in [2.45, 2.75) is 45.7 Å². The van der Waals surface area contributed by atoms with Gasteiger partial charge in [0, 0.05) is 19.5 Å². The second kappa shape index (κ2) is 7.48. The zero-order chi connectivity index (χ0) is 16.1.